The van der Waals surface area contributed by atoms with E-state index in [1.807, 2.05) is 0 Å². The van der Waals surface area contributed by atoms with E-state index in [0.717, 1.165) is 18.3 Å². The second-order valence-electron chi connectivity index (χ2n) is 2.94. The van der Waals surface area contributed by atoms with Crippen LogP contribution in [0.1, 0.15) is 34.1 Å². The average Bonchev–Trinajstić information content (AvgIpc) is 1.82. The van der Waals surface area contributed by atoms with E-state index in [0.29, 0.717) is 0 Å². The molecule has 1 atom stereocenters. The van der Waals surface area contributed by atoms with Gasteiger partial charge in [0.25, 0.3) is 0 Å². The fraction of sp³-hybridized carbons (Fsp3) is 0.778. The molecule has 0 fully saturated rings. The summed E-state index contributed by atoms with van der Waals surface area (Å²) in [5.41, 5.74) is 0. The van der Waals surface area contributed by atoms with E-state index in [-0.39, 0.29) is 0 Å². The molecule has 0 saturated carbocycles. The predicted octanol–water partition coefficient (Wildman–Crippen LogP) is 3.24. The summed E-state index contributed by atoms with van der Waals surface area (Å²) in [6.45, 7) is 8.94. The van der Waals surface area contributed by atoms with Crippen molar-refractivity contribution < 1.29 is 0 Å². The van der Waals surface area contributed by atoms with Crippen LogP contribution in [-0.4, -0.2) is 0 Å². The molecule has 0 amide bonds. The van der Waals surface area contributed by atoms with Crippen LogP contribution in [0.15, 0.2) is 12.2 Å². The van der Waals surface area contributed by atoms with E-state index >= 15 is 0 Å². The lowest BCUT2D eigenvalue weighted by molar-refractivity contribution is 0.503. The van der Waals surface area contributed by atoms with Crippen molar-refractivity contribution in [1.29, 1.82) is 0 Å². The number of hydrogen-bond acceptors (Lipinski definition) is 0. The van der Waals surface area contributed by atoms with Gasteiger partial charge in [-0.25, -0.2) is 0 Å². The van der Waals surface area contributed by atoms with Crippen molar-refractivity contribution in [2.75, 3.05) is 0 Å². The highest BCUT2D eigenvalue weighted by atomic mass is 14.1. The van der Waals surface area contributed by atoms with Crippen LogP contribution >= 0.6 is 0 Å². The molecule has 0 N–H and O–H groups in total. The third-order valence-corrected chi connectivity index (χ3v) is 1.73. The lowest BCUT2D eigenvalue weighted by Crippen LogP contribution is -1.98. The van der Waals surface area contributed by atoms with Gasteiger partial charge in [0.2, 0.25) is 0 Å². The third kappa shape index (κ3) is 4.26. The molecule has 0 aliphatic rings. The Hall–Kier alpha value is -0.260. The SMILES string of the molecule is CC/C=C/C(C)C(C)C. The van der Waals surface area contributed by atoms with E-state index in [4.69, 9.17) is 0 Å². The Balaban J connectivity index is 3.48. The maximum Gasteiger partial charge on any atom is -0.0239 e. The van der Waals surface area contributed by atoms with Gasteiger partial charge in [-0.2, -0.15) is 0 Å². The van der Waals surface area contributed by atoms with Gasteiger partial charge < -0.3 is 0 Å². The first kappa shape index (κ1) is 8.74. The van der Waals surface area contributed by atoms with Crippen LogP contribution in [0.3, 0.4) is 0 Å². The monoisotopic (exact) mass is 126 g/mol. The molecule has 0 spiro atoms. The van der Waals surface area contributed by atoms with Gasteiger partial charge in [-0.15, -0.1) is 0 Å². The van der Waals surface area contributed by atoms with Gasteiger partial charge in [0.05, 0.1) is 0 Å². The first-order chi connectivity index (χ1) is 4.18. The Morgan fingerprint density at radius 2 is 1.78 bits per heavy atom. The Morgan fingerprint density at radius 1 is 1.22 bits per heavy atom. The lowest BCUT2D eigenvalue weighted by atomic mass is 9.98. The first-order valence-electron chi connectivity index (χ1n) is 3.85. The quantitative estimate of drug-likeness (QED) is 0.509. The fourth-order valence-electron chi connectivity index (χ4n) is 0.573. The molecule has 0 aliphatic carbocycles. The molecule has 54 valence electrons. The molecule has 0 aromatic heterocycles. The van der Waals surface area contributed by atoms with Gasteiger partial charge in [0.1, 0.15) is 0 Å². The van der Waals surface area contributed by atoms with Gasteiger partial charge >= 0.3 is 0 Å². The van der Waals surface area contributed by atoms with Gasteiger partial charge in [-0.05, 0) is 18.3 Å². The predicted molar refractivity (Wildman–Crippen MR) is 43.4 cm³/mol. The molecule has 0 heterocycles. The minimum atomic E-state index is 0.741. The van der Waals surface area contributed by atoms with Crippen LogP contribution in [0, 0.1) is 11.8 Å². The van der Waals surface area contributed by atoms with E-state index in [1.165, 1.54) is 0 Å². The van der Waals surface area contributed by atoms with Crippen molar-refractivity contribution in [3.05, 3.63) is 12.2 Å². The summed E-state index contributed by atoms with van der Waals surface area (Å²) in [7, 11) is 0. The molecule has 0 heteroatoms. The topological polar surface area (TPSA) is 0 Å². The van der Waals surface area contributed by atoms with Crippen LogP contribution in [0.25, 0.3) is 0 Å². The summed E-state index contributed by atoms with van der Waals surface area (Å²) < 4.78 is 0. The largest absolute Gasteiger partial charge is 0.0885 e. The van der Waals surface area contributed by atoms with Crippen LogP contribution in [0.2, 0.25) is 0 Å². The van der Waals surface area contributed by atoms with Crippen molar-refractivity contribution in [3.63, 3.8) is 0 Å². The standard InChI is InChI=1S/C9H18/c1-5-6-7-9(4)8(2)3/h6-9H,5H2,1-4H3/b7-6+. The van der Waals surface area contributed by atoms with Crippen molar-refractivity contribution in [2.24, 2.45) is 11.8 Å². The maximum atomic E-state index is 2.30. The van der Waals surface area contributed by atoms with Gasteiger partial charge in [-0.3, -0.25) is 0 Å². The molecule has 0 aliphatic heterocycles. The summed E-state index contributed by atoms with van der Waals surface area (Å²) >= 11 is 0. The highest BCUT2D eigenvalue weighted by Crippen LogP contribution is 2.10. The molecule has 0 nitrogen and oxygen atoms in total. The minimum Gasteiger partial charge on any atom is -0.0885 e. The molecule has 0 aromatic rings. The molecule has 0 radical (unpaired) electrons. The first-order valence-corrected chi connectivity index (χ1v) is 3.85. The van der Waals surface area contributed by atoms with Gasteiger partial charge in [0.15, 0.2) is 0 Å². The Kier molecular flexibility index (Phi) is 4.47. The summed E-state index contributed by atoms with van der Waals surface area (Å²) in [6, 6.07) is 0. The van der Waals surface area contributed by atoms with Crippen molar-refractivity contribution in [1.82, 2.24) is 0 Å². The highest BCUT2D eigenvalue weighted by molar-refractivity contribution is 4.86. The summed E-state index contributed by atoms with van der Waals surface area (Å²) in [4.78, 5) is 0. The van der Waals surface area contributed by atoms with Gasteiger partial charge in [-0.1, -0.05) is 39.8 Å². The number of allylic oxidation sites excluding steroid dienone is 2. The zero-order valence-electron chi connectivity index (χ0n) is 7.02. The summed E-state index contributed by atoms with van der Waals surface area (Å²) in [6.07, 6.45) is 5.70. The second-order valence-corrected chi connectivity index (χ2v) is 2.94. The molecular formula is C9H18. The van der Waals surface area contributed by atoms with Crippen LogP contribution < -0.4 is 0 Å². The smallest absolute Gasteiger partial charge is 0.0239 e. The van der Waals surface area contributed by atoms with Crippen LogP contribution in [-0.2, 0) is 0 Å². The fourth-order valence-corrected chi connectivity index (χ4v) is 0.573. The zero-order chi connectivity index (χ0) is 7.28. The summed E-state index contributed by atoms with van der Waals surface area (Å²) in [5.74, 6) is 1.53. The second kappa shape index (κ2) is 4.60. The van der Waals surface area contributed by atoms with Crippen LogP contribution in [0.4, 0.5) is 0 Å². The molecule has 1 unspecified atom stereocenters. The average molecular weight is 126 g/mol. The normalized spacial score (nSPS) is 15.2. The Bertz CT molecular complexity index is 80.0. The lowest BCUT2D eigenvalue weighted by Gasteiger charge is -2.08. The zero-order valence-corrected chi connectivity index (χ0v) is 7.02. The maximum absolute atomic E-state index is 2.30. The highest BCUT2D eigenvalue weighted by Gasteiger charge is 1.99. The van der Waals surface area contributed by atoms with E-state index < -0.39 is 0 Å². The van der Waals surface area contributed by atoms with Crippen LogP contribution in [0.5, 0.6) is 0 Å². The number of hydrogen-bond donors (Lipinski definition) is 0. The Labute approximate surface area is 59.0 Å². The molecule has 0 bridgehead atoms. The molecule has 9 heavy (non-hydrogen) atoms. The number of rotatable bonds is 3. The van der Waals surface area contributed by atoms with Crippen molar-refractivity contribution in [2.45, 2.75) is 34.1 Å². The third-order valence-electron chi connectivity index (χ3n) is 1.73. The molecule has 0 saturated heterocycles. The van der Waals surface area contributed by atoms with Crippen molar-refractivity contribution in [3.8, 4) is 0 Å². The minimum absolute atomic E-state index is 0.741. The van der Waals surface area contributed by atoms with E-state index in [2.05, 4.69) is 39.8 Å². The summed E-state index contributed by atoms with van der Waals surface area (Å²) in [5, 5.41) is 0. The Morgan fingerprint density at radius 3 is 2.11 bits per heavy atom. The van der Waals surface area contributed by atoms with E-state index in [1.54, 1.807) is 0 Å². The molecule has 0 rings (SSSR count). The molecular weight excluding hydrogens is 108 g/mol. The molecule has 0 aromatic carbocycles. The van der Waals surface area contributed by atoms with Gasteiger partial charge in [0, 0.05) is 0 Å². The van der Waals surface area contributed by atoms with E-state index in [9.17, 15) is 0 Å². The van der Waals surface area contributed by atoms with Crippen molar-refractivity contribution >= 4 is 0 Å².